The largest absolute Gasteiger partial charge is 0.353 e. The Hall–Kier alpha value is -2.45. The summed E-state index contributed by atoms with van der Waals surface area (Å²) in [6.45, 7) is 3.99. The van der Waals surface area contributed by atoms with Gasteiger partial charge < -0.3 is 5.32 Å². The molecule has 9 heteroatoms. The van der Waals surface area contributed by atoms with Gasteiger partial charge in [0.15, 0.2) is 0 Å². The van der Waals surface area contributed by atoms with E-state index in [1.54, 1.807) is 6.92 Å². The number of nitro groups is 1. The van der Waals surface area contributed by atoms with E-state index in [1.165, 1.54) is 4.68 Å². The molecule has 0 radical (unpaired) electrons. The molecule has 1 aliphatic rings. The monoisotopic (exact) mass is 295 g/mol. The molecule has 1 saturated heterocycles. The summed E-state index contributed by atoms with van der Waals surface area (Å²) in [5, 5.41) is 20.4. The Kier molecular flexibility index (Phi) is 4.20. The number of aryl methyl sites for hydroxylation is 2. The summed E-state index contributed by atoms with van der Waals surface area (Å²) in [6, 6.07) is -0.673. The third-order valence-electron chi connectivity index (χ3n) is 3.26. The molecule has 114 valence electrons. The number of hydrogen-bond acceptors (Lipinski definition) is 6. The summed E-state index contributed by atoms with van der Waals surface area (Å²) in [7, 11) is 0. The second kappa shape index (κ2) is 5.90. The molecule has 1 aromatic heterocycles. The van der Waals surface area contributed by atoms with E-state index < -0.39 is 16.9 Å². The van der Waals surface area contributed by atoms with Gasteiger partial charge in [-0.2, -0.15) is 5.10 Å². The molecule has 1 unspecified atom stereocenters. The van der Waals surface area contributed by atoms with E-state index in [1.807, 2.05) is 6.92 Å². The van der Waals surface area contributed by atoms with Crippen LogP contribution in [0.3, 0.4) is 0 Å². The lowest BCUT2D eigenvalue weighted by Crippen LogP contribution is -2.47. The Labute approximate surface area is 120 Å². The van der Waals surface area contributed by atoms with Crippen LogP contribution in [0.2, 0.25) is 0 Å². The molecule has 0 aliphatic carbocycles. The number of rotatable bonds is 5. The summed E-state index contributed by atoms with van der Waals surface area (Å²) in [4.78, 5) is 33.6. The summed E-state index contributed by atoms with van der Waals surface area (Å²) >= 11 is 0. The predicted molar refractivity (Wildman–Crippen MR) is 73.7 cm³/mol. The zero-order valence-electron chi connectivity index (χ0n) is 11.9. The maximum atomic E-state index is 11.8. The van der Waals surface area contributed by atoms with Gasteiger partial charge in [-0.25, -0.2) is 4.68 Å². The molecule has 1 aliphatic heterocycles. The first-order valence-corrected chi connectivity index (χ1v) is 6.76. The average Bonchev–Trinajstić information content (AvgIpc) is 2.69. The lowest BCUT2D eigenvalue weighted by atomic mass is 10.1. The first kappa shape index (κ1) is 14.9. The van der Waals surface area contributed by atoms with Crippen LogP contribution in [-0.4, -0.2) is 32.6 Å². The minimum atomic E-state index is -0.673. The van der Waals surface area contributed by atoms with Crippen LogP contribution in [0.1, 0.15) is 31.9 Å². The highest BCUT2D eigenvalue weighted by Crippen LogP contribution is 2.29. The number of piperidine rings is 1. The van der Waals surface area contributed by atoms with Gasteiger partial charge in [0, 0.05) is 13.0 Å². The quantitative estimate of drug-likeness (QED) is 0.469. The summed E-state index contributed by atoms with van der Waals surface area (Å²) in [5.74, 6) is -0.581. The Morgan fingerprint density at radius 1 is 1.52 bits per heavy atom. The molecule has 2 N–H and O–H groups in total. The summed E-state index contributed by atoms with van der Waals surface area (Å²) < 4.78 is 1.50. The van der Waals surface area contributed by atoms with E-state index in [0.29, 0.717) is 18.7 Å². The molecule has 1 atom stereocenters. The molecule has 0 bridgehead atoms. The van der Waals surface area contributed by atoms with Gasteiger partial charge in [-0.3, -0.25) is 25.0 Å². The second-order valence-electron chi connectivity index (χ2n) is 4.91. The smallest absolute Gasteiger partial charge is 0.333 e. The van der Waals surface area contributed by atoms with Crippen molar-refractivity contribution in [3.8, 4) is 0 Å². The van der Waals surface area contributed by atoms with Crippen LogP contribution in [0.25, 0.3) is 0 Å². The van der Waals surface area contributed by atoms with Crippen molar-refractivity contribution in [1.29, 1.82) is 0 Å². The van der Waals surface area contributed by atoms with E-state index in [4.69, 9.17) is 0 Å². The van der Waals surface area contributed by atoms with Crippen molar-refractivity contribution in [3.05, 3.63) is 15.8 Å². The van der Waals surface area contributed by atoms with Crippen molar-refractivity contribution < 1.29 is 14.5 Å². The normalized spacial score (nSPS) is 18.5. The van der Waals surface area contributed by atoms with Crippen LogP contribution in [-0.2, 0) is 16.1 Å². The Balaban J connectivity index is 2.31. The first-order valence-electron chi connectivity index (χ1n) is 6.76. The summed E-state index contributed by atoms with van der Waals surface area (Å²) in [5.41, 5.74) is 0.163. The van der Waals surface area contributed by atoms with Crippen LogP contribution in [0.15, 0.2) is 0 Å². The predicted octanol–water partition coefficient (Wildman–Crippen LogP) is 0.727. The molecular formula is C12H17N5O4. The summed E-state index contributed by atoms with van der Waals surface area (Å²) in [6.07, 6.45) is 1.26. The fourth-order valence-electron chi connectivity index (χ4n) is 2.30. The maximum absolute atomic E-state index is 11.8. The minimum absolute atomic E-state index is 0.131. The third-order valence-corrected chi connectivity index (χ3v) is 3.26. The molecule has 2 amide bonds. The number of aromatic nitrogens is 2. The molecule has 0 aromatic carbocycles. The molecule has 0 spiro atoms. The molecule has 2 heterocycles. The molecule has 1 aromatic rings. The van der Waals surface area contributed by atoms with Gasteiger partial charge in [-0.1, -0.05) is 6.92 Å². The fourth-order valence-corrected chi connectivity index (χ4v) is 2.30. The fraction of sp³-hybridized carbons (Fsp3) is 0.583. The highest BCUT2D eigenvalue weighted by molar-refractivity contribution is 6.01. The van der Waals surface area contributed by atoms with Crippen molar-refractivity contribution in [2.24, 2.45) is 0 Å². The number of carbonyl (C=O) groups excluding carboxylic acids is 2. The Morgan fingerprint density at radius 3 is 2.81 bits per heavy atom. The molecule has 21 heavy (non-hydrogen) atoms. The van der Waals surface area contributed by atoms with E-state index in [9.17, 15) is 19.7 Å². The number of nitrogens with zero attached hydrogens (tertiary/aromatic N) is 3. The molecule has 1 fully saturated rings. The second-order valence-corrected chi connectivity index (χ2v) is 4.91. The van der Waals surface area contributed by atoms with Gasteiger partial charge in [-0.05, 0) is 19.8 Å². The van der Waals surface area contributed by atoms with Gasteiger partial charge in [0.05, 0.1) is 4.92 Å². The number of imide groups is 1. The van der Waals surface area contributed by atoms with Crippen molar-refractivity contribution in [3.63, 3.8) is 0 Å². The maximum Gasteiger partial charge on any atom is 0.333 e. The van der Waals surface area contributed by atoms with E-state index in [2.05, 4.69) is 15.7 Å². The molecule has 9 nitrogen and oxygen atoms in total. The number of carbonyl (C=O) groups is 2. The van der Waals surface area contributed by atoms with Crippen LogP contribution in [0.4, 0.5) is 11.5 Å². The van der Waals surface area contributed by atoms with Crippen molar-refractivity contribution in [2.75, 3.05) is 5.32 Å². The van der Waals surface area contributed by atoms with E-state index in [0.717, 1.165) is 6.42 Å². The van der Waals surface area contributed by atoms with Crippen LogP contribution >= 0.6 is 0 Å². The first-order chi connectivity index (χ1) is 9.93. The highest BCUT2D eigenvalue weighted by Gasteiger charge is 2.32. The van der Waals surface area contributed by atoms with Gasteiger partial charge in [-0.15, -0.1) is 0 Å². The van der Waals surface area contributed by atoms with Gasteiger partial charge in [0.1, 0.15) is 11.7 Å². The Bertz CT molecular complexity index is 595. The molecular weight excluding hydrogens is 278 g/mol. The lowest BCUT2D eigenvalue weighted by molar-refractivity contribution is -0.384. The van der Waals surface area contributed by atoms with Crippen molar-refractivity contribution >= 4 is 23.3 Å². The van der Waals surface area contributed by atoms with Crippen LogP contribution in [0, 0.1) is 17.0 Å². The van der Waals surface area contributed by atoms with Gasteiger partial charge in [0.25, 0.3) is 0 Å². The zero-order chi connectivity index (χ0) is 15.6. The third kappa shape index (κ3) is 3.01. The number of amides is 2. The van der Waals surface area contributed by atoms with Crippen molar-refractivity contribution in [2.45, 2.75) is 45.7 Å². The number of nitrogens with one attached hydrogen (secondary N) is 2. The van der Waals surface area contributed by atoms with E-state index >= 15 is 0 Å². The minimum Gasteiger partial charge on any atom is -0.353 e. The molecule has 2 rings (SSSR count). The van der Waals surface area contributed by atoms with Crippen LogP contribution in [0.5, 0.6) is 0 Å². The van der Waals surface area contributed by atoms with Crippen LogP contribution < -0.4 is 10.6 Å². The standard InChI is InChI=1S/C12H17N5O4/c1-3-6-16-11(10(17(20)21)7(2)15-16)13-8-4-5-9(18)14-12(8)19/h8,13H,3-6H2,1-2H3,(H,14,18,19). The van der Waals surface area contributed by atoms with Gasteiger partial charge >= 0.3 is 5.69 Å². The average molecular weight is 295 g/mol. The van der Waals surface area contributed by atoms with Gasteiger partial charge in [0.2, 0.25) is 17.6 Å². The Morgan fingerprint density at radius 2 is 2.24 bits per heavy atom. The number of anilines is 1. The van der Waals surface area contributed by atoms with E-state index in [-0.39, 0.29) is 23.8 Å². The zero-order valence-corrected chi connectivity index (χ0v) is 11.9. The van der Waals surface area contributed by atoms with Crippen molar-refractivity contribution in [1.82, 2.24) is 15.1 Å². The SMILES string of the molecule is CCCn1nc(C)c([N+](=O)[O-])c1NC1CCC(=O)NC1=O. The number of hydrogen-bond donors (Lipinski definition) is 2. The highest BCUT2D eigenvalue weighted by atomic mass is 16.6. The molecule has 0 saturated carbocycles. The topological polar surface area (TPSA) is 119 Å². The lowest BCUT2D eigenvalue weighted by Gasteiger charge is -2.22.